The van der Waals surface area contributed by atoms with E-state index in [1.165, 1.54) is 24.4 Å². The first kappa shape index (κ1) is 24.6. The van der Waals surface area contributed by atoms with E-state index >= 15 is 0 Å². The Kier molecular flexibility index (Phi) is 7.43. The van der Waals surface area contributed by atoms with Crippen molar-refractivity contribution >= 4 is 11.8 Å². The minimum absolute atomic E-state index is 0.00541. The fourth-order valence-corrected chi connectivity index (χ4v) is 3.51. The van der Waals surface area contributed by atoms with E-state index in [1.807, 2.05) is 30.3 Å². The van der Waals surface area contributed by atoms with Crippen molar-refractivity contribution in [3.8, 4) is 11.8 Å². The summed E-state index contributed by atoms with van der Waals surface area (Å²) >= 11 is 0. The van der Waals surface area contributed by atoms with Gasteiger partial charge in [0.05, 0.1) is 17.7 Å². The highest BCUT2D eigenvalue weighted by atomic mass is 19.4. The quantitative estimate of drug-likeness (QED) is 0.299. The Morgan fingerprint density at radius 2 is 1.69 bits per heavy atom. The molecule has 184 valence electrons. The number of benzene rings is 2. The Labute approximate surface area is 204 Å². The number of carboxylic acid groups (broad SMARTS) is 1. The van der Waals surface area contributed by atoms with Crippen molar-refractivity contribution < 1.29 is 27.8 Å². The molecule has 7 nitrogen and oxygen atoms in total. The fraction of sp³-hybridized carbons (Fsp3) is 0.154. The number of nitrogens with zero attached hydrogens (tertiary/aromatic N) is 3. The standard InChI is InChI=1S/C26H21F3N4O3/c27-26(28,29)19-8-6-18(7-9-19)21(15-24(34)35)22-12-14-31-25(33-22)36-20-10-4-17(5-11-20)16-32-23-3-1-2-13-30-23/h1-14,21H,15-16H2,(H,30,32)(H,34,35). The number of hydrogen-bond acceptors (Lipinski definition) is 6. The molecule has 2 aromatic carbocycles. The molecule has 4 aromatic rings. The van der Waals surface area contributed by atoms with E-state index in [1.54, 1.807) is 18.3 Å². The summed E-state index contributed by atoms with van der Waals surface area (Å²) in [6, 6.07) is 18.7. The third kappa shape index (κ3) is 6.56. The molecule has 0 spiro atoms. The molecule has 1 unspecified atom stereocenters. The zero-order valence-corrected chi connectivity index (χ0v) is 18.8. The number of nitrogens with one attached hydrogen (secondary N) is 1. The van der Waals surface area contributed by atoms with Crippen LogP contribution in [0.1, 0.15) is 34.7 Å². The molecule has 0 aliphatic carbocycles. The van der Waals surface area contributed by atoms with E-state index in [0.717, 1.165) is 23.5 Å². The van der Waals surface area contributed by atoms with Crippen molar-refractivity contribution in [2.45, 2.75) is 25.1 Å². The summed E-state index contributed by atoms with van der Waals surface area (Å²) in [7, 11) is 0. The van der Waals surface area contributed by atoms with E-state index in [4.69, 9.17) is 4.74 Å². The van der Waals surface area contributed by atoms with Crippen molar-refractivity contribution in [3.05, 3.63) is 108 Å². The largest absolute Gasteiger partial charge is 0.481 e. The highest BCUT2D eigenvalue weighted by Gasteiger charge is 2.30. The van der Waals surface area contributed by atoms with E-state index in [-0.39, 0.29) is 12.4 Å². The molecule has 2 N–H and O–H groups in total. The zero-order valence-electron chi connectivity index (χ0n) is 18.8. The van der Waals surface area contributed by atoms with Gasteiger partial charge >= 0.3 is 18.2 Å². The molecule has 4 rings (SSSR count). The molecular weight excluding hydrogens is 473 g/mol. The Morgan fingerprint density at radius 1 is 0.944 bits per heavy atom. The number of anilines is 1. The van der Waals surface area contributed by atoms with Gasteiger partial charge in [-0.3, -0.25) is 4.79 Å². The molecule has 36 heavy (non-hydrogen) atoms. The van der Waals surface area contributed by atoms with E-state index in [0.29, 0.717) is 23.6 Å². The van der Waals surface area contributed by atoms with Crippen LogP contribution in [0, 0.1) is 0 Å². The van der Waals surface area contributed by atoms with Crippen LogP contribution in [0.25, 0.3) is 0 Å². The monoisotopic (exact) mass is 494 g/mol. The minimum atomic E-state index is -4.49. The number of pyridine rings is 1. The van der Waals surface area contributed by atoms with Crippen LogP contribution in [0.15, 0.2) is 85.2 Å². The smallest absolute Gasteiger partial charge is 0.416 e. The Hall–Kier alpha value is -4.47. The predicted octanol–water partition coefficient (Wildman–Crippen LogP) is 5.90. The summed E-state index contributed by atoms with van der Waals surface area (Å²) in [5.41, 5.74) is 0.885. The number of aliphatic carboxylic acids is 1. The molecule has 2 heterocycles. The van der Waals surface area contributed by atoms with Crippen LogP contribution in [0.4, 0.5) is 19.0 Å². The van der Waals surface area contributed by atoms with Crippen molar-refractivity contribution in [1.82, 2.24) is 15.0 Å². The highest BCUT2D eigenvalue weighted by Crippen LogP contribution is 2.33. The number of alkyl halides is 3. The topological polar surface area (TPSA) is 97.2 Å². The lowest BCUT2D eigenvalue weighted by Gasteiger charge is -2.16. The van der Waals surface area contributed by atoms with Crippen molar-refractivity contribution in [2.24, 2.45) is 0 Å². The first-order valence-corrected chi connectivity index (χ1v) is 10.9. The summed E-state index contributed by atoms with van der Waals surface area (Å²) < 4.78 is 44.5. The molecule has 0 fully saturated rings. The van der Waals surface area contributed by atoms with Gasteiger partial charge in [0.1, 0.15) is 11.6 Å². The second-order valence-corrected chi connectivity index (χ2v) is 7.85. The molecule has 0 saturated carbocycles. The van der Waals surface area contributed by atoms with Crippen LogP contribution in [0.5, 0.6) is 11.8 Å². The third-order valence-electron chi connectivity index (χ3n) is 5.30. The third-order valence-corrected chi connectivity index (χ3v) is 5.30. The molecule has 10 heteroatoms. The number of aromatic nitrogens is 3. The average Bonchev–Trinajstić information content (AvgIpc) is 2.87. The van der Waals surface area contributed by atoms with E-state index in [2.05, 4.69) is 20.3 Å². The number of hydrogen-bond donors (Lipinski definition) is 2. The van der Waals surface area contributed by atoms with Gasteiger partial charge in [0.2, 0.25) is 0 Å². The SMILES string of the molecule is O=C(O)CC(c1ccc(C(F)(F)F)cc1)c1ccnc(Oc2ccc(CNc3ccccn3)cc2)n1. The molecule has 0 bridgehead atoms. The average molecular weight is 494 g/mol. The first-order valence-electron chi connectivity index (χ1n) is 10.9. The molecule has 0 aliphatic rings. The van der Waals surface area contributed by atoms with Gasteiger partial charge in [-0.25, -0.2) is 9.97 Å². The Morgan fingerprint density at radius 3 is 2.33 bits per heavy atom. The van der Waals surface area contributed by atoms with Crippen LogP contribution in [0.2, 0.25) is 0 Å². The van der Waals surface area contributed by atoms with Crippen molar-refractivity contribution in [1.29, 1.82) is 0 Å². The van der Waals surface area contributed by atoms with Crippen LogP contribution < -0.4 is 10.1 Å². The van der Waals surface area contributed by atoms with Crippen LogP contribution in [-0.2, 0) is 17.5 Å². The van der Waals surface area contributed by atoms with Crippen LogP contribution >= 0.6 is 0 Å². The molecule has 0 radical (unpaired) electrons. The lowest BCUT2D eigenvalue weighted by molar-refractivity contribution is -0.138. The minimum Gasteiger partial charge on any atom is -0.481 e. The maximum absolute atomic E-state index is 12.9. The summed E-state index contributed by atoms with van der Waals surface area (Å²) in [6.45, 7) is 0.563. The summed E-state index contributed by atoms with van der Waals surface area (Å²) in [5.74, 6) is -0.670. The lowest BCUT2D eigenvalue weighted by Crippen LogP contribution is -2.11. The first-order chi connectivity index (χ1) is 17.3. The van der Waals surface area contributed by atoms with Crippen molar-refractivity contribution in [2.75, 3.05) is 5.32 Å². The number of rotatable bonds is 9. The molecular formula is C26H21F3N4O3. The normalized spacial score (nSPS) is 12.1. The van der Waals surface area contributed by atoms with Gasteiger partial charge < -0.3 is 15.2 Å². The van der Waals surface area contributed by atoms with Gasteiger partial charge in [0.15, 0.2) is 0 Å². The Bertz CT molecular complexity index is 1300. The molecule has 2 aromatic heterocycles. The van der Waals surface area contributed by atoms with E-state index < -0.39 is 23.6 Å². The number of ether oxygens (including phenoxy) is 1. The van der Waals surface area contributed by atoms with Gasteiger partial charge in [0, 0.05) is 24.9 Å². The predicted molar refractivity (Wildman–Crippen MR) is 126 cm³/mol. The molecule has 0 saturated heterocycles. The summed E-state index contributed by atoms with van der Waals surface area (Å²) in [6.07, 6.45) is -1.73. The molecule has 1 atom stereocenters. The number of carboxylic acids is 1. The molecule has 0 amide bonds. The van der Waals surface area contributed by atoms with Gasteiger partial charge in [-0.2, -0.15) is 18.2 Å². The maximum atomic E-state index is 12.9. The van der Waals surface area contributed by atoms with Gasteiger partial charge in [0.25, 0.3) is 0 Å². The second-order valence-electron chi connectivity index (χ2n) is 7.85. The van der Waals surface area contributed by atoms with E-state index in [9.17, 15) is 23.1 Å². The van der Waals surface area contributed by atoms with Crippen molar-refractivity contribution in [3.63, 3.8) is 0 Å². The van der Waals surface area contributed by atoms with Gasteiger partial charge in [-0.15, -0.1) is 0 Å². The van der Waals surface area contributed by atoms with Gasteiger partial charge in [-0.05, 0) is 53.6 Å². The highest BCUT2D eigenvalue weighted by molar-refractivity contribution is 5.69. The van der Waals surface area contributed by atoms with Gasteiger partial charge in [-0.1, -0.05) is 30.3 Å². The zero-order chi connectivity index (χ0) is 25.5. The number of carbonyl (C=O) groups is 1. The molecule has 0 aliphatic heterocycles. The Balaban J connectivity index is 1.48. The lowest BCUT2D eigenvalue weighted by atomic mass is 9.91. The fourth-order valence-electron chi connectivity index (χ4n) is 3.51. The second kappa shape index (κ2) is 10.9. The summed E-state index contributed by atoms with van der Waals surface area (Å²) in [4.78, 5) is 24.1. The maximum Gasteiger partial charge on any atom is 0.416 e. The van der Waals surface area contributed by atoms with Crippen LogP contribution in [-0.4, -0.2) is 26.0 Å². The summed E-state index contributed by atoms with van der Waals surface area (Å²) in [5, 5.41) is 12.6. The number of halogens is 3. The van der Waals surface area contributed by atoms with Crippen LogP contribution in [0.3, 0.4) is 0 Å².